The van der Waals surface area contributed by atoms with Crippen molar-refractivity contribution in [3.05, 3.63) is 31.8 Å². The van der Waals surface area contributed by atoms with E-state index in [0.717, 1.165) is 14.5 Å². The molecule has 1 heterocycles. The molecular weight excluding hydrogens is 411 g/mol. The summed E-state index contributed by atoms with van der Waals surface area (Å²) >= 11 is 5.53. The van der Waals surface area contributed by atoms with E-state index in [1.54, 1.807) is 0 Å². The van der Waals surface area contributed by atoms with Gasteiger partial charge >= 0.3 is 0 Å². The van der Waals surface area contributed by atoms with Gasteiger partial charge in [0.2, 0.25) is 5.91 Å². The molecule has 2 N–H and O–H groups in total. The molecule has 0 bridgehead atoms. The summed E-state index contributed by atoms with van der Waals surface area (Å²) in [4.78, 5) is 23.0. The van der Waals surface area contributed by atoms with Gasteiger partial charge in [-0.3, -0.25) is 9.59 Å². The third-order valence-electron chi connectivity index (χ3n) is 2.77. The lowest BCUT2D eigenvalue weighted by molar-refractivity contribution is -0.119. The quantitative estimate of drug-likeness (QED) is 0.732. The molecule has 1 aromatic carbocycles. The molecule has 6 heteroatoms. The monoisotopic (exact) mass is 422 g/mol. The molecular formula is C12H12BrIN2O2. The number of halogens is 2. The molecule has 96 valence electrons. The highest BCUT2D eigenvalue weighted by atomic mass is 127. The summed E-state index contributed by atoms with van der Waals surface area (Å²) in [5, 5.41) is 5.66. The lowest BCUT2D eigenvalue weighted by Gasteiger charge is -2.12. The van der Waals surface area contributed by atoms with Crippen molar-refractivity contribution >= 4 is 50.3 Å². The van der Waals surface area contributed by atoms with Gasteiger partial charge in [-0.05, 0) is 63.1 Å². The highest BCUT2D eigenvalue weighted by molar-refractivity contribution is 14.1. The third-order valence-corrected chi connectivity index (χ3v) is 4.13. The first kappa shape index (κ1) is 13.8. The van der Waals surface area contributed by atoms with Crippen molar-refractivity contribution < 1.29 is 9.59 Å². The number of carbonyl (C=O) groups is 2. The molecule has 0 aromatic heterocycles. The molecule has 1 aliphatic rings. The first-order valence-corrected chi connectivity index (χ1v) is 7.46. The number of nitrogens with one attached hydrogen (secondary N) is 2. The fourth-order valence-corrected chi connectivity index (χ4v) is 2.73. The molecule has 0 aliphatic carbocycles. The van der Waals surface area contributed by atoms with E-state index in [1.807, 2.05) is 18.2 Å². The molecule has 2 amide bonds. The largest absolute Gasteiger partial charge is 0.352 e. The summed E-state index contributed by atoms with van der Waals surface area (Å²) in [6.45, 7) is 0.475. The standard InChI is InChI=1S/C12H12BrIN2O2/c13-10-3-1-7(14)5-9(10)12(18)15-6-8-2-4-11(17)16-8/h1,3,5,8H,2,4,6H2,(H,15,18)(H,16,17). The van der Waals surface area contributed by atoms with E-state index in [4.69, 9.17) is 0 Å². The van der Waals surface area contributed by atoms with Crippen LogP contribution >= 0.6 is 38.5 Å². The Morgan fingerprint density at radius 3 is 3.00 bits per heavy atom. The van der Waals surface area contributed by atoms with Crippen LogP contribution < -0.4 is 10.6 Å². The van der Waals surface area contributed by atoms with Gasteiger partial charge in [0.05, 0.1) is 5.56 Å². The van der Waals surface area contributed by atoms with E-state index in [2.05, 4.69) is 49.2 Å². The molecule has 0 saturated carbocycles. The summed E-state index contributed by atoms with van der Waals surface area (Å²) < 4.78 is 1.78. The number of carbonyl (C=O) groups excluding carboxylic acids is 2. The zero-order chi connectivity index (χ0) is 13.1. The van der Waals surface area contributed by atoms with Gasteiger partial charge < -0.3 is 10.6 Å². The van der Waals surface area contributed by atoms with Crippen LogP contribution in [-0.4, -0.2) is 24.4 Å². The van der Waals surface area contributed by atoms with E-state index in [0.29, 0.717) is 18.5 Å². The fraction of sp³-hybridized carbons (Fsp3) is 0.333. The molecule has 1 atom stereocenters. The van der Waals surface area contributed by atoms with Gasteiger partial charge in [0.15, 0.2) is 0 Å². The van der Waals surface area contributed by atoms with E-state index in [9.17, 15) is 9.59 Å². The van der Waals surface area contributed by atoms with Crippen molar-refractivity contribution in [1.82, 2.24) is 10.6 Å². The van der Waals surface area contributed by atoms with Crippen molar-refractivity contribution in [3.8, 4) is 0 Å². The average Bonchev–Trinajstić information content (AvgIpc) is 2.75. The molecule has 0 spiro atoms. The van der Waals surface area contributed by atoms with Crippen LogP contribution in [0.25, 0.3) is 0 Å². The Bertz CT molecular complexity index is 493. The molecule has 4 nitrogen and oxygen atoms in total. The number of rotatable bonds is 3. The minimum atomic E-state index is -0.124. The van der Waals surface area contributed by atoms with Crippen molar-refractivity contribution in [3.63, 3.8) is 0 Å². The summed E-state index contributed by atoms with van der Waals surface area (Å²) in [6, 6.07) is 5.67. The molecule has 0 radical (unpaired) electrons. The van der Waals surface area contributed by atoms with Gasteiger partial charge in [-0.1, -0.05) is 0 Å². The molecule has 1 aliphatic heterocycles. The van der Waals surface area contributed by atoms with Gasteiger partial charge in [-0.15, -0.1) is 0 Å². The van der Waals surface area contributed by atoms with E-state index in [-0.39, 0.29) is 17.9 Å². The first-order chi connectivity index (χ1) is 8.56. The smallest absolute Gasteiger partial charge is 0.252 e. The summed E-state index contributed by atoms with van der Waals surface area (Å²) in [6.07, 6.45) is 1.33. The minimum Gasteiger partial charge on any atom is -0.352 e. The number of hydrogen-bond acceptors (Lipinski definition) is 2. The Labute approximate surface area is 127 Å². The van der Waals surface area contributed by atoms with Crippen LogP contribution in [0.5, 0.6) is 0 Å². The minimum absolute atomic E-state index is 0.0583. The second-order valence-corrected chi connectivity index (χ2v) is 6.24. The Hall–Kier alpha value is -0.630. The van der Waals surface area contributed by atoms with E-state index < -0.39 is 0 Å². The van der Waals surface area contributed by atoms with Crippen LogP contribution in [0.15, 0.2) is 22.7 Å². The normalized spacial score (nSPS) is 18.6. The molecule has 1 fully saturated rings. The average molecular weight is 423 g/mol. The lowest BCUT2D eigenvalue weighted by Crippen LogP contribution is -2.38. The maximum Gasteiger partial charge on any atom is 0.252 e. The Kier molecular flexibility index (Phi) is 4.60. The summed E-state index contributed by atoms with van der Waals surface area (Å²) in [5.41, 5.74) is 0.617. The molecule has 1 aromatic rings. The predicted molar refractivity (Wildman–Crippen MR) is 80.4 cm³/mol. The fourth-order valence-electron chi connectivity index (χ4n) is 1.81. The highest BCUT2D eigenvalue weighted by Gasteiger charge is 2.21. The van der Waals surface area contributed by atoms with Crippen molar-refractivity contribution in [2.24, 2.45) is 0 Å². The summed E-state index contributed by atoms with van der Waals surface area (Å²) in [7, 11) is 0. The topological polar surface area (TPSA) is 58.2 Å². The third kappa shape index (κ3) is 3.44. The van der Waals surface area contributed by atoms with Gasteiger partial charge in [-0.25, -0.2) is 0 Å². The Morgan fingerprint density at radius 2 is 2.33 bits per heavy atom. The predicted octanol–water partition coefficient (Wildman–Crippen LogP) is 2.06. The lowest BCUT2D eigenvalue weighted by atomic mass is 10.2. The second kappa shape index (κ2) is 6.01. The zero-order valence-corrected chi connectivity index (χ0v) is 13.2. The first-order valence-electron chi connectivity index (χ1n) is 5.59. The van der Waals surface area contributed by atoms with Crippen molar-refractivity contribution in [2.75, 3.05) is 6.54 Å². The Morgan fingerprint density at radius 1 is 1.56 bits per heavy atom. The van der Waals surface area contributed by atoms with Crippen LogP contribution in [0, 0.1) is 3.57 Å². The van der Waals surface area contributed by atoms with Crippen LogP contribution in [0.4, 0.5) is 0 Å². The van der Waals surface area contributed by atoms with Crippen molar-refractivity contribution in [1.29, 1.82) is 0 Å². The molecule has 1 unspecified atom stereocenters. The van der Waals surface area contributed by atoms with Gasteiger partial charge in [0.25, 0.3) is 5.91 Å². The maximum absolute atomic E-state index is 12.0. The van der Waals surface area contributed by atoms with Gasteiger partial charge in [0.1, 0.15) is 0 Å². The SMILES string of the molecule is O=C1CCC(CNC(=O)c2cc(I)ccc2Br)N1. The molecule has 1 saturated heterocycles. The second-order valence-electron chi connectivity index (χ2n) is 4.14. The van der Waals surface area contributed by atoms with Crippen molar-refractivity contribution in [2.45, 2.75) is 18.9 Å². The van der Waals surface area contributed by atoms with Crippen LogP contribution in [0.3, 0.4) is 0 Å². The molecule has 2 rings (SSSR count). The van der Waals surface area contributed by atoms with E-state index in [1.165, 1.54) is 0 Å². The van der Waals surface area contributed by atoms with E-state index >= 15 is 0 Å². The van der Waals surface area contributed by atoms with Crippen LogP contribution in [0.1, 0.15) is 23.2 Å². The highest BCUT2D eigenvalue weighted by Crippen LogP contribution is 2.19. The maximum atomic E-state index is 12.0. The summed E-state index contributed by atoms with van der Waals surface area (Å²) in [5.74, 6) is -0.0637. The Balaban J connectivity index is 1.95. The molecule has 18 heavy (non-hydrogen) atoms. The number of benzene rings is 1. The zero-order valence-electron chi connectivity index (χ0n) is 9.50. The van der Waals surface area contributed by atoms with Gasteiger partial charge in [0, 0.05) is 27.1 Å². The number of amides is 2. The number of hydrogen-bond donors (Lipinski definition) is 2. The van der Waals surface area contributed by atoms with Crippen LogP contribution in [0.2, 0.25) is 0 Å². The van der Waals surface area contributed by atoms with Crippen LogP contribution in [-0.2, 0) is 4.79 Å². The van der Waals surface area contributed by atoms with Gasteiger partial charge in [-0.2, -0.15) is 0 Å².